The SMILES string of the molecule is O=C(NCCCCC(F)(F)F)c1ccncc1F. The highest BCUT2D eigenvalue weighted by Crippen LogP contribution is 2.21. The van der Waals surface area contributed by atoms with Crippen LogP contribution in [0.1, 0.15) is 29.6 Å². The lowest BCUT2D eigenvalue weighted by Gasteiger charge is -2.07. The fourth-order valence-corrected chi connectivity index (χ4v) is 1.31. The van der Waals surface area contributed by atoms with E-state index >= 15 is 0 Å². The summed E-state index contributed by atoms with van der Waals surface area (Å²) in [6.07, 6.45) is -2.77. The van der Waals surface area contributed by atoms with Crippen LogP contribution in [0.2, 0.25) is 0 Å². The zero-order chi connectivity index (χ0) is 13.6. The molecular formula is C11H12F4N2O. The molecule has 0 aromatic carbocycles. The van der Waals surface area contributed by atoms with Crippen LogP contribution in [0.3, 0.4) is 0 Å². The molecule has 0 saturated carbocycles. The average molecular weight is 264 g/mol. The third kappa shape index (κ3) is 5.11. The smallest absolute Gasteiger partial charge is 0.352 e. The maximum absolute atomic E-state index is 13.1. The van der Waals surface area contributed by atoms with Gasteiger partial charge in [-0.2, -0.15) is 13.2 Å². The topological polar surface area (TPSA) is 42.0 Å². The van der Waals surface area contributed by atoms with Crippen molar-refractivity contribution in [3.63, 3.8) is 0 Å². The zero-order valence-corrected chi connectivity index (χ0v) is 9.43. The highest BCUT2D eigenvalue weighted by Gasteiger charge is 2.25. The van der Waals surface area contributed by atoms with E-state index in [4.69, 9.17) is 0 Å². The molecule has 0 unspecified atom stereocenters. The minimum Gasteiger partial charge on any atom is -0.352 e. The predicted molar refractivity (Wildman–Crippen MR) is 56.4 cm³/mol. The Balaban J connectivity index is 2.28. The van der Waals surface area contributed by atoms with Crippen LogP contribution in [-0.4, -0.2) is 23.6 Å². The van der Waals surface area contributed by atoms with Gasteiger partial charge < -0.3 is 5.32 Å². The molecule has 0 atom stereocenters. The lowest BCUT2D eigenvalue weighted by atomic mass is 10.2. The lowest BCUT2D eigenvalue weighted by Crippen LogP contribution is -2.25. The van der Waals surface area contributed by atoms with Gasteiger partial charge in [-0.15, -0.1) is 0 Å². The van der Waals surface area contributed by atoms with Crippen LogP contribution in [0, 0.1) is 5.82 Å². The van der Waals surface area contributed by atoms with Crippen LogP contribution in [0.25, 0.3) is 0 Å². The van der Waals surface area contributed by atoms with Crippen molar-refractivity contribution in [1.29, 1.82) is 0 Å². The van der Waals surface area contributed by atoms with Crippen LogP contribution in [0.5, 0.6) is 0 Å². The van der Waals surface area contributed by atoms with Gasteiger partial charge in [0.15, 0.2) is 5.82 Å². The first-order chi connectivity index (χ1) is 8.40. The van der Waals surface area contributed by atoms with Gasteiger partial charge in [-0.1, -0.05) is 0 Å². The first-order valence-electron chi connectivity index (χ1n) is 5.34. The largest absolute Gasteiger partial charge is 0.389 e. The number of carbonyl (C=O) groups is 1. The highest BCUT2D eigenvalue weighted by molar-refractivity contribution is 5.94. The number of carbonyl (C=O) groups excluding carboxylic acids is 1. The number of pyridine rings is 1. The summed E-state index contributed by atoms with van der Waals surface area (Å²) in [5.41, 5.74) is -0.166. The average Bonchev–Trinajstić information content (AvgIpc) is 2.27. The van der Waals surface area contributed by atoms with E-state index in [0.29, 0.717) is 0 Å². The van der Waals surface area contributed by atoms with E-state index in [9.17, 15) is 22.4 Å². The molecule has 0 radical (unpaired) electrons. The molecule has 1 aromatic heterocycles. The Bertz CT molecular complexity index is 406. The molecule has 1 aromatic rings. The summed E-state index contributed by atoms with van der Waals surface area (Å²) in [6, 6.07) is 1.21. The van der Waals surface area contributed by atoms with Crippen LogP contribution in [0.15, 0.2) is 18.5 Å². The number of hydrogen-bond acceptors (Lipinski definition) is 2. The molecule has 0 aliphatic rings. The Morgan fingerprint density at radius 3 is 2.67 bits per heavy atom. The Morgan fingerprint density at radius 1 is 1.33 bits per heavy atom. The minimum atomic E-state index is -4.18. The van der Waals surface area contributed by atoms with Crippen molar-refractivity contribution in [2.45, 2.75) is 25.4 Å². The molecule has 0 fully saturated rings. The summed E-state index contributed by atoms with van der Waals surface area (Å²) in [7, 11) is 0. The van der Waals surface area contributed by atoms with E-state index in [2.05, 4.69) is 10.3 Å². The molecule has 1 amide bonds. The van der Waals surface area contributed by atoms with Crippen molar-refractivity contribution < 1.29 is 22.4 Å². The second-order valence-corrected chi connectivity index (χ2v) is 3.68. The minimum absolute atomic E-state index is 0.0669. The van der Waals surface area contributed by atoms with Crippen LogP contribution in [0.4, 0.5) is 17.6 Å². The van der Waals surface area contributed by atoms with E-state index in [1.165, 1.54) is 12.3 Å². The van der Waals surface area contributed by atoms with Crippen molar-refractivity contribution in [2.75, 3.05) is 6.54 Å². The maximum atomic E-state index is 13.1. The summed E-state index contributed by atoms with van der Waals surface area (Å²) in [4.78, 5) is 14.9. The number of aromatic nitrogens is 1. The third-order valence-electron chi connectivity index (χ3n) is 2.19. The third-order valence-corrected chi connectivity index (χ3v) is 2.19. The maximum Gasteiger partial charge on any atom is 0.389 e. The number of nitrogens with one attached hydrogen (secondary N) is 1. The Morgan fingerprint density at radius 2 is 2.06 bits per heavy atom. The van der Waals surface area contributed by atoms with Crippen molar-refractivity contribution in [3.8, 4) is 0 Å². The lowest BCUT2D eigenvalue weighted by molar-refractivity contribution is -0.135. The van der Waals surface area contributed by atoms with E-state index in [-0.39, 0.29) is 24.9 Å². The number of alkyl halides is 3. The van der Waals surface area contributed by atoms with Gasteiger partial charge in [-0.25, -0.2) is 4.39 Å². The molecular weight excluding hydrogens is 252 g/mol. The zero-order valence-electron chi connectivity index (χ0n) is 9.43. The summed E-state index contributed by atoms with van der Waals surface area (Å²) < 4.78 is 48.5. The van der Waals surface area contributed by atoms with E-state index in [1.807, 2.05) is 0 Å². The van der Waals surface area contributed by atoms with Gasteiger partial charge in [0.25, 0.3) is 5.91 Å². The van der Waals surface area contributed by atoms with Gasteiger partial charge in [-0.05, 0) is 18.9 Å². The summed E-state index contributed by atoms with van der Waals surface area (Å²) in [5.74, 6) is -1.41. The number of unbranched alkanes of at least 4 members (excludes halogenated alkanes) is 1. The van der Waals surface area contributed by atoms with Crippen LogP contribution < -0.4 is 5.32 Å². The molecule has 0 aliphatic carbocycles. The molecule has 0 saturated heterocycles. The van der Waals surface area contributed by atoms with Crippen LogP contribution in [-0.2, 0) is 0 Å². The second kappa shape index (κ2) is 6.32. The monoisotopic (exact) mass is 264 g/mol. The molecule has 0 aliphatic heterocycles. The Hall–Kier alpha value is -1.66. The van der Waals surface area contributed by atoms with Crippen molar-refractivity contribution in [3.05, 3.63) is 29.8 Å². The van der Waals surface area contributed by atoms with Gasteiger partial charge in [0.05, 0.1) is 11.8 Å². The van der Waals surface area contributed by atoms with E-state index in [1.54, 1.807) is 0 Å². The quantitative estimate of drug-likeness (QED) is 0.656. The van der Waals surface area contributed by atoms with Gasteiger partial charge in [-0.3, -0.25) is 9.78 Å². The van der Waals surface area contributed by atoms with Crippen molar-refractivity contribution >= 4 is 5.91 Å². The summed E-state index contributed by atoms with van der Waals surface area (Å²) in [6.45, 7) is 0.0800. The highest BCUT2D eigenvalue weighted by atomic mass is 19.4. The van der Waals surface area contributed by atoms with E-state index < -0.39 is 24.3 Å². The Kier molecular flexibility index (Phi) is 5.06. The fourth-order valence-electron chi connectivity index (χ4n) is 1.31. The van der Waals surface area contributed by atoms with Crippen molar-refractivity contribution in [1.82, 2.24) is 10.3 Å². The number of hydrogen-bond donors (Lipinski definition) is 1. The predicted octanol–water partition coefficient (Wildman–Crippen LogP) is 2.68. The molecule has 1 N–H and O–H groups in total. The van der Waals surface area contributed by atoms with Crippen molar-refractivity contribution in [2.24, 2.45) is 0 Å². The first-order valence-corrected chi connectivity index (χ1v) is 5.34. The number of halogens is 4. The second-order valence-electron chi connectivity index (χ2n) is 3.68. The van der Waals surface area contributed by atoms with Gasteiger partial charge in [0, 0.05) is 19.2 Å². The molecule has 0 spiro atoms. The summed E-state index contributed by atoms with van der Waals surface area (Å²) in [5, 5.41) is 2.35. The van der Waals surface area contributed by atoms with E-state index in [0.717, 1.165) is 6.20 Å². The summed E-state index contributed by atoms with van der Waals surface area (Å²) >= 11 is 0. The normalized spacial score (nSPS) is 11.3. The number of amides is 1. The van der Waals surface area contributed by atoms with Gasteiger partial charge in [0.2, 0.25) is 0 Å². The molecule has 1 heterocycles. The molecule has 1 rings (SSSR count). The number of rotatable bonds is 5. The Labute approximate surface area is 101 Å². The standard InChI is InChI=1S/C11H12F4N2O/c12-9-7-16-6-3-8(9)10(18)17-5-2-1-4-11(13,14)15/h3,6-7H,1-2,4-5H2,(H,17,18). The van der Waals surface area contributed by atoms with Crippen LogP contribution >= 0.6 is 0 Å². The first kappa shape index (κ1) is 14.4. The van der Waals surface area contributed by atoms with Gasteiger partial charge >= 0.3 is 6.18 Å². The van der Waals surface area contributed by atoms with Gasteiger partial charge in [0.1, 0.15) is 0 Å². The molecule has 3 nitrogen and oxygen atoms in total. The molecule has 7 heteroatoms. The number of nitrogens with zero attached hydrogens (tertiary/aromatic N) is 1. The molecule has 18 heavy (non-hydrogen) atoms. The molecule has 100 valence electrons. The fraction of sp³-hybridized carbons (Fsp3) is 0.455. The molecule has 0 bridgehead atoms.